The SMILES string of the molecule is O=C(NCCSCCCO)c1ccc[nH]1. The van der Waals surface area contributed by atoms with Gasteiger partial charge in [0.25, 0.3) is 5.91 Å². The molecular formula is C10H16N2O2S. The van der Waals surface area contributed by atoms with Crippen LogP contribution in [-0.2, 0) is 0 Å². The minimum Gasteiger partial charge on any atom is -0.396 e. The van der Waals surface area contributed by atoms with E-state index in [9.17, 15) is 4.79 Å². The monoisotopic (exact) mass is 228 g/mol. The van der Waals surface area contributed by atoms with Crippen LogP contribution in [0.25, 0.3) is 0 Å². The third-order valence-corrected chi connectivity index (χ3v) is 2.89. The van der Waals surface area contributed by atoms with E-state index in [-0.39, 0.29) is 12.5 Å². The molecule has 0 saturated carbocycles. The van der Waals surface area contributed by atoms with Crippen LogP contribution in [0.3, 0.4) is 0 Å². The van der Waals surface area contributed by atoms with E-state index in [2.05, 4.69) is 10.3 Å². The van der Waals surface area contributed by atoms with Crippen molar-refractivity contribution in [2.45, 2.75) is 6.42 Å². The Morgan fingerprint density at radius 1 is 1.53 bits per heavy atom. The maximum absolute atomic E-state index is 11.4. The van der Waals surface area contributed by atoms with Crippen molar-refractivity contribution in [3.63, 3.8) is 0 Å². The van der Waals surface area contributed by atoms with Gasteiger partial charge in [-0.1, -0.05) is 0 Å². The van der Waals surface area contributed by atoms with Gasteiger partial charge in [-0.15, -0.1) is 0 Å². The van der Waals surface area contributed by atoms with Crippen molar-refractivity contribution in [1.29, 1.82) is 0 Å². The summed E-state index contributed by atoms with van der Waals surface area (Å²) in [6, 6.07) is 3.54. The van der Waals surface area contributed by atoms with Crippen LogP contribution in [0.2, 0.25) is 0 Å². The molecule has 3 N–H and O–H groups in total. The number of hydrogen-bond acceptors (Lipinski definition) is 3. The number of aliphatic hydroxyl groups excluding tert-OH is 1. The maximum atomic E-state index is 11.4. The van der Waals surface area contributed by atoms with Crippen molar-refractivity contribution >= 4 is 17.7 Å². The Labute approximate surface area is 93.5 Å². The highest BCUT2D eigenvalue weighted by atomic mass is 32.2. The molecule has 0 bridgehead atoms. The zero-order valence-corrected chi connectivity index (χ0v) is 9.35. The summed E-state index contributed by atoms with van der Waals surface area (Å²) in [6.45, 7) is 0.899. The van der Waals surface area contributed by atoms with Crippen LogP contribution in [0.4, 0.5) is 0 Å². The zero-order valence-electron chi connectivity index (χ0n) is 8.53. The predicted octanol–water partition coefficient (Wildman–Crippen LogP) is 0.860. The summed E-state index contributed by atoms with van der Waals surface area (Å²) in [5.74, 6) is 1.75. The molecule has 0 fully saturated rings. The molecule has 0 radical (unpaired) electrons. The van der Waals surface area contributed by atoms with Gasteiger partial charge in [-0.3, -0.25) is 4.79 Å². The van der Waals surface area contributed by atoms with E-state index < -0.39 is 0 Å². The Balaban J connectivity index is 2.03. The predicted molar refractivity (Wildman–Crippen MR) is 62.2 cm³/mol. The molecule has 0 aliphatic carbocycles. The molecule has 0 unspecified atom stereocenters. The summed E-state index contributed by atoms with van der Waals surface area (Å²) in [5, 5.41) is 11.4. The molecule has 15 heavy (non-hydrogen) atoms. The van der Waals surface area contributed by atoms with E-state index in [1.165, 1.54) is 0 Å². The second kappa shape index (κ2) is 7.36. The molecule has 4 nitrogen and oxygen atoms in total. The summed E-state index contributed by atoms with van der Waals surface area (Å²) < 4.78 is 0. The molecule has 1 aromatic rings. The van der Waals surface area contributed by atoms with Gasteiger partial charge in [-0.05, 0) is 24.3 Å². The highest BCUT2D eigenvalue weighted by Gasteiger charge is 2.03. The van der Waals surface area contributed by atoms with Gasteiger partial charge in [0.2, 0.25) is 0 Å². The van der Waals surface area contributed by atoms with Gasteiger partial charge in [0.05, 0.1) is 0 Å². The average molecular weight is 228 g/mol. The second-order valence-electron chi connectivity index (χ2n) is 3.03. The topological polar surface area (TPSA) is 65.1 Å². The van der Waals surface area contributed by atoms with Crippen molar-refractivity contribution < 1.29 is 9.90 Å². The van der Waals surface area contributed by atoms with Crippen LogP contribution >= 0.6 is 11.8 Å². The summed E-state index contributed by atoms with van der Waals surface area (Å²) in [7, 11) is 0. The van der Waals surface area contributed by atoms with Crippen molar-refractivity contribution in [3.05, 3.63) is 24.0 Å². The van der Waals surface area contributed by atoms with Gasteiger partial charge in [-0.2, -0.15) is 11.8 Å². The first-order valence-electron chi connectivity index (χ1n) is 4.95. The highest BCUT2D eigenvalue weighted by Crippen LogP contribution is 2.00. The van der Waals surface area contributed by atoms with Crippen LogP contribution in [0.1, 0.15) is 16.9 Å². The molecule has 0 atom stereocenters. The molecule has 1 heterocycles. The van der Waals surface area contributed by atoms with E-state index in [1.54, 1.807) is 30.1 Å². The summed E-state index contributed by atoms with van der Waals surface area (Å²) in [5.41, 5.74) is 0.593. The Morgan fingerprint density at radius 3 is 3.07 bits per heavy atom. The number of rotatable bonds is 7. The fraction of sp³-hybridized carbons (Fsp3) is 0.500. The smallest absolute Gasteiger partial charge is 0.267 e. The first kappa shape index (κ1) is 12.1. The van der Waals surface area contributed by atoms with Crippen LogP contribution in [0.5, 0.6) is 0 Å². The maximum Gasteiger partial charge on any atom is 0.267 e. The van der Waals surface area contributed by atoms with Gasteiger partial charge in [-0.25, -0.2) is 0 Å². The number of thioether (sulfide) groups is 1. The second-order valence-corrected chi connectivity index (χ2v) is 4.25. The molecule has 1 rings (SSSR count). The number of aromatic amines is 1. The van der Waals surface area contributed by atoms with E-state index in [0.29, 0.717) is 12.2 Å². The lowest BCUT2D eigenvalue weighted by Gasteiger charge is -2.03. The number of carbonyl (C=O) groups excluding carboxylic acids is 1. The van der Waals surface area contributed by atoms with E-state index in [4.69, 9.17) is 5.11 Å². The number of carbonyl (C=O) groups is 1. The quantitative estimate of drug-likeness (QED) is 0.606. The number of amides is 1. The lowest BCUT2D eigenvalue weighted by Crippen LogP contribution is -2.26. The highest BCUT2D eigenvalue weighted by molar-refractivity contribution is 7.99. The Kier molecular flexibility index (Phi) is 5.96. The molecule has 0 aliphatic rings. The fourth-order valence-corrected chi connectivity index (χ4v) is 1.86. The summed E-state index contributed by atoms with van der Waals surface area (Å²) in [4.78, 5) is 14.2. The van der Waals surface area contributed by atoms with E-state index >= 15 is 0 Å². The Bertz CT molecular complexity index is 275. The Hall–Kier alpha value is -0.940. The number of H-pyrrole nitrogens is 1. The zero-order chi connectivity index (χ0) is 10.9. The van der Waals surface area contributed by atoms with Gasteiger partial charge in [0.1, 0.15) is 5.69 Å². The van der Waals surface area contributed by atoms with Crippen molar-refractivity contribution in [2.24, 2.45) is 0 Å². The third-order valence-electron chi connectivity index (χ3n) is 1.82. The van der Waals surface area contributed by atoms with Crippen molar-refractivity contribution in [2.75, 3.05) is 24.7 Å². The first-order chi connectivity index (χ1) is 7.34. The number of aromatic nitrogens is 1. The number of aliphatic hydroxyl groups is 1. The van der Waals surface area contributed by atoms with Crippen molar-refractivity contribution in [3.8, 4) is 0 Å². The third kappa shape index (κ3) is 4.90. The van der Waals surface area contributed by atoms with Crippen LogP contribution < -0.4 is 5.32 Å². The minimum absolute atomic E-state index is 0.0669. The van der Waals surface area contributed by atoms with E-state index in [1.807, 2.05) is 0 Å². The van der Waals surface area contributed by atoms with Gasteiger partial charge in [0, 0.05) is 25.1 Å². The molecule has 0 saturated heterocycles. The Morgan fingerprint density at radius 2 is 2.40 bits per heavy atom. The average Bonchev–Trinajstić information content (AvgIpc) is 2.76. The lowest BCUT2D eigenvalue weighted by atomic mass is 10.4. The normalized spacial score (nSPS) is 10.2. The molecule has 5 heteroatoms. The van der Waals surface area contributed by atoms with Crippen molar-refractivity contribution in [1.82, 2.24) is 10.3 Å². The largest absolute Gasteiger partial charge is 0.396 e. The first-order valence-corrected chi connectivity index (χ1v) is 6.10. The molecule has 0 aliphatic heterocycles. The van der Waals surface area contributed by atoms with Crippen LogP contribution in [0.15, 0.2) is 18.3 Å². The van der Waals surface area contributed by atoms with Gasteiger partial charge < -0.3 is 15.4 Å². The van der Waals surface area contributed by atoms with E-state index in [0.717, 1.165) is 17.9 Å². The lowest BCUT2D eigenvalue weighted by molar-refractivity contribution is 0.0952. The summed E-state index contributed by atoms with van der Waals surface area (Å²) >= 11 is 1.73. The van der Waals surface area contributed by atoms with Gasteiger partial charge in [0.15, 0.2) is 0 Å². The minimum atomic E-state index is -0.0669. The molecular weight excluding hydrogens is 212 g/mol. The fourth-order valence-electron chi connectivity index (χ4n) is 1.07. The standard InChI is InChI=1S/C10H16N2O2S/c13-6-2-7-15-8-5-12-10(14)9-3-1-4-11-9/h1,3-4,11,13H,2,5-8H2,(H,12,14). The van der Waals surface area contributed by atoms with Crippen LogP contribution in [-0.4, -0.2) is 40.7 Å². The number of nitrogens with one attached hydrogen (secondary N) is 2. The molecule has 84 valence electrons. The van der Waals surface area contributed by atoms with Gasteiger partial charge >= 0.3 is 0 Å². The molecule has 0 spiro atoms. The van der Waals surface area contributed by atoms with Crippen LogP contribution in [0, 0.1) is 0 Å². The molecule has 1 aromatic heterocycles. The molecule has 0 aromatic carbocycles. The molecule has 1 amide bonds. The summed E-state index contributed by atoms with van der Waals surface area (Å²) in [6.07, 6.45) is 2.54. The number of hydrogen-bond donors (Lipinski definition) is 3.